The van der Waals surface area contributed by atoms with E-state index in [0.29, 0.717) is 0 Å². The van der Waals surface area contributed by atoms with Crippen LogP contribution in [0.2, 0.25) is 0 Å². The van der Waals surface area contributed by atoms with E-state index in [1.807, 2.05) is 0 Å². The van der Waals surface area contributed by atoms with Gasteiger partial charge < -0.3 is 9.62 Å². The van der Waals surface area contributed by atoms with Gasteiger partial charge in [0.2, 0.25) is 0 Å². The van der Waals surface area contributed by atoms with Crippen molar-refractivity contribution in [2.24, 2.45) is 0 Å². The number of rotatable bonds is 1. The highest BCUT2D eigenvalue weighted by Gasteiger charge is 2.21. The van der Waals surface area contributed by atoms with E-state index in [-0.39, 0.29) is 0 Å². The van der Waals surface area contributed by atoms with Gasteiger partial charge in [-0.15, -0.1) is 0 Å². The molecule has 1 fully saturated rings. The van der Waals surface area contributed by atoms with Crippen molar-refractivity contribution >= 4 is 7.55 Å². The summed E-state index contributed by atoms with van der Waals surface area (Å²) in [5.74, 6) is 0. The molecule has 0 bridgehead atoms. The minimum Gasteiger partial charge on any atom is -0.335 e. The summed E-state index contributed by atoms with van der Waals surface area (Å²) in [4.78, 5) is 4.55. The third-order valence-corrected chi connectivity index (χ3v) is 2.24. The summed E-state index contributed by atoms with van der Waals surface area (Å²) >= 11 is 0. The summed E-state index contributed by atoms with van der Waals surface area (Å²) in [5.41, 5.74) is 0. The lowest BCUT2D eigenvalue weighted by Crippen LogP contribution is -2.49. The van der Waals surface area contributed by atoms with Crippen molar-refractivity contribution in [2.45, 2.75) is 25.8 Å². The van der Waals surface area contributed by atoms with Crippen molar-refractivity contribution in [3.05, 3.63) is 0 Å². The third kappa shape index (κ3) is 1.73. The van der Waals surface area contributed by atoms with Gasteiger partial charge in [0.15, 0.2) is 0 Å². The molecule has 1 unspecified atom stereocenters. The first kappa shape index (κ1) is 8.09. The SMILES string of the molecule is CCC1CCN(C)[B]N1C. The second-order valence-electron chi connectivity index (χ2n) is 3.11. The van der Waals surface area contributed by atoms with Crippen molar-refractivity contribution in [3.63, 3.8) is 0 Å². The lowest BCUT2D eigenvalue weighted by molar-refractivity contribution is 0.267. The van der Waals surface area contributed by atoms with Crippen LogP contribution in [0.3, 0.4) is 0 Å². The van der Waals surface area contributed by atoms with Crippen LogP contribution in [0.25, 0.3) is 0 Å². The van der Waals surface area contributed by atoms with E-state index in [1.165, 1.54) is 19.4 Å². The molecule has 1 heterocycles. The molecule has 1 rings (SSSR count). The van der Waals surface area contributed by atoms with Gasteiger partial charge >= 0.3 is 7.55 Å². The van der Waals surface area contributed by atoms with E-state index in [0.717, 1.165) is 6.04 Å². The van der Waals surface area contributed by atoms with E-state index in [2.05, 4.69) is 38.2 Å². The Balaban J connectivity index is 2.36. The van der Waals surface area contributed by atoms with Crippen LogP contribution in [-0.2, 0) is 0 Å². The van der Waals surface area contributed by atoms with Gasteiger partial charge in [-0.05, 0) is 33.5 Å². The largest absolute Gasteiger partial charge is 0.335 e. The van der Waals surface area contributed by atoms with Crippen molar-refractivity contribution in [3.8, 4) is 0 Å². The van der Waals surface area contributed by atoms with Crippen LogP contribution >= 0.6 is 0 Å². The van der Waals surface area contributed by atoms with Crippen LogP contribution in [0, 0.1) is 0 Å². The molecule has 2 nitrogen and oxygen atoms in total. The molecule has 0 N–H and O–H groups in total. The predicted octanol–water partition coefficient (Wildman–Crippen LogP) is 0.567. The maximum Gasteiger partial charge on any atom is 0.312 e. The van der Waals surface area contributed by atoms with Gasteiger partial charge in [0, 0.05) is 6.04 Å². The zero-order valence-corrected chi connectivity index (χ0v) is 7.17. The zero-order valence-electron chi connectivity index (χ0n) is 7.17. The Hall–Kier alpha value is -0.0151. The summed E-state index contributed by atoms with van der Waals surface area (Å²) in [6.45, 7) is 3.46. The normalized spacial score (nSPS) is 30.1. The quantitative estimate of drug-likeness (QED) is 0.490. The Kier molecular flexibility index (Phi) is 2.75. The van der Waals surface area contributed by atoms with Gasteiger partial charge in [-0.25, -0.2) is 0 Å². The Morgan fingerprint density at radius 3 is 2.70 bits per heavy atom. The van der Waals surface area contributed by atoms with Gasteiger partial charge in [0.1, 0.15) is 0 Å². The first-order chi connectivity index (χ1) is 4.74. The van der Waals surface area contributed by atoms with E-state index < -0.39 is 0 Å². The van der Waals surface area contributed by atoms with E-state index >= 15 is 0 Å². The standard InChI is InChI=1S/C7H16BN2/c1-4-7-5-6-9(2)8-10(7)3/h7H,4-6H2,1-3H3. The van der Waals surface area contributed by atoms with E-state index in [4.69, 9.17) is 0 Å². The molecule has 0 aliphatic carbocycles. The average molecular weight is 139 g/mol. The molecule has 1 aliphatic heterocycles. The second kappa shape index (κ2) is 3.40. The third-order valence-electron chi connectivity index (χ3n) is 2.24. The lowest BCUT2D eigenvalue weighted by Gasteiger charge is -2.36. The Morgan fingerprint density at radius 2 is 2.20 bits per heavy atom. The maximum absolute atomic E-state index is 2.31. The average Bonchev–Trinajstić information content (AvgIpc) is 1.88. The molecule has 1 radical (unpaired) electrons. The smallest absolute Gasteiger partial charge is 0.312 e. The molecule has 0 aromatic carbocycles. The van der Waals surface area contributed by atoms with E-state index in [1.54, 1.807) is 0 Å². The van der Waals surface area contributed by atoms with Crippen molar-refractivity contribution < 1.29 is 0 Å². The molecule has 0 aromatic heterocycles. The van der Waals surface area contributed by atoms with Crippen LogP contribution in [-0.4, -0.2) is 43.9 Å². The molecule has 1 aliphatic rings. The molecule has 3 heteroatoms. The molecule has 10 heavy (non-hydrogen) atoms. The summed E-state index contributed by atoms with van der Waals surface area (Å²) in [5, 5.41) is 0. The summed E-state index contributed by atoms with van der Waals surface area (Å²) < 4.78 is 0. The molecule has 57 valence electrons. The fourth-order valence-corrected chi connectivity index (χ4v) is 1.51. The van der Waals surface area contributed by atoms with Crippen LogP contribution in [0.5, 0.6) is 0 Å². The molecular weight excluding hydrogens is 123 g/mol. The van der Waals surface area contributed by atoms with Crippen molar-refractivity contribution in [1.29, 1.82) is 0 Å². The van der Waals surface area contributed by atoms with Crippen LogP contribution in [0.1, 0.15) is 19.8 Å². The maximum atomic E-state index is 2.31. The van der Waals surface area contributed by atoms with Crippen molar-refractivity contribution in [1.82, 2.24) is 9.62 Å². The summed E-state index contributed by atoms with van der Waals surface area (Å²) in [7, 11) is 6.48. The molecule has 0 saturated carbocycles. The first-order valence-corrected chi connectivity index (χ1v) is 4.01. The molecule has 1 saturated heterocycles. The monoisotopic (exact) mass is 139 g/mol. The highest BCUT2D eigenvalue weighted by atomic mass is 15.2. The Labute approximate surface area is 64.5 Å². The second-order valence-corrected chi connectivity index (χ2v) is 3.11. The van der Waals surface area contributed by atoms with Crippen molar-refractivity contribution in [2.75, 3.05) is 20.6 Å². The highest BCUT2D eigenvalue weighted by molar-refractivity contribution is 6.28. The zero-order chi connectivity index (χ0) is 7.56. The van der Waals surface area contributed by atoms with Crippen LogP contribution in [0.4, 0.5) is 0 Å². The Morgan fingerprint density at radius 1 is 1.50 bits per heavy atom. The fraction of sp³-hybridized carbons (Fsp3) is 1.00. The minimum absolute atomic E-state index is 0.774. The molecule has 1 atom stereocenters. The minimum atomic E-state index is 0.774. The molecular formula is C7H16BN2. The summed E-state index contributed by atoms with van der Waals surface area (Å²) in [6.07, 6.45) is 2.57. The lowest BCUT2D eigenvalue weighted by atomic mass is 9.93. The number of hydrogen-bond donors (Lipinski definition) is 0. The Bertz CT molecular complexity index is 108. The topological polar surface area (TPSA) is 6.48 Å². The number of nitrogens with zero attached hydrogens (tertiary/aromatic N) is 2. The van der Waals surface area contributed by atoms with E-state index in [9.17, 15) is 0 Å². The van der Waals surface area contributed by atoms with Gasteiger partial charge in [-0.2, -0.15) is 0 Å². The fourth-order valence-electron chi connectivity index (χ4n) is 1.51. The van der Waals surface area contributed by atoms with Gasteiger partial charge in [-0.1, -0.05) is 6.92 Å². The molecule has 0 amide bonds. The van der Waals surface area contributed by atoms with Crippen LogP contribution in [0.15, 0.2) is 0 Å². The predicted molar refractivity (Wildman–Crippen MR) is 44.8 cm³/mol. The van der Waals surface area contributed by atoms with Gasteiger partial charge in [-0.3, -0.25) is 0 Å². The first-order valence-electron chi connectivity index (χ1n) is 4.01. The van der Waals surface area contributed by atoms with Gasteiger partial charge in [0.25, 0.3) is 0 Å². The molecule has 0 aromatic rings. The number of hydrogen-bond acceptors (Lipinski definition) is 2. The molecule has 0 spiro atoms. The van der Waals surface area contributed by atoms with Gasteiger partial charge in [0.05, 0.1) is 0 Å². The summed E-state index contributed by atoms with van der Waals surface area (Å²) in [6, 6.07) is 0.774. The van der Waals surface area contributed by atoms with Crippen LogP contribution < -0.4 is 0 Å². The highest BCUT2D eigenvalue weighted by Crippen LogP contribution is 2.10.